The number of para-hydroxylation sites is 1. The van der Waals surface area contributed by atoms with Crippen LogP contribution in [0.2, 0.25) is 5.54 Å². The van der Waals surface area contributed by atoms with Crippen molar-refractivity contribution in [3.63, 3.8) is 0 Å². The van der Waals surface area contributed by atoms with Crippen LogP contribution in [0.3, 0.4) is 0 Å². The van der Waals surface area contributed by atoms with Crippen LogP contribution in [0.1, 0.15) is 18.4 Å². The molecule has 0 radical (unpaired) electrons. The number of fused-ring (bicyclic) bond motifs is 4. The van der Waals surface area contributed by atoms with E-state index in [0.717, 1.165) is 34.9 Å². The van der Waals surface area contributed by atoms with Crippen LogP contribution in [-0.4, -0.2) is 18.7 Å². The molecule has 9 rings (SSSR count). The molecule has 1 aliphatic heterocycles. The molecular weight excluding hydrogens is 587 g/mol. The zero-order chi connectivity index (χ0) is 31.4. The van der Waals surface area contributed by atoms with Gasteiger partial charge in [0.1, 0.15) is 0 Å². The number of hydrogen-bond acceptors (Lipinski definition) is 2. The average Bonchev–Trinajstić information content (AvgIpc) is 3.47. The quantitative estimate of drug-likeness (QED) is 0.185. The maximum atomic E-state index is 9.86. The van der Waals surface area contributed by atoms with Crippen molar-refractivity contribution in [1.29, 1.82) is 5.26 Å². The zero-order valence-corrected chi connectivity index (χ0v) is 27.0. The molecule has 4 heteroatoms. The summed E-state index contributed by atoms with van der Waals surface area (Å²) in [7, 11) is -2.51. The second kappa shape index (κ2) is 11.0. The normalized spacial score (nSPS) is 19.5. The zero-order valence-electron chi connectivity index (χ0n) is 26.0. The van der Waals surface area contributed by atoms with Crippen molar-refractivity contribution in [1.82, 2.24) is 4.57 Å². The molecule has 6 aromatic rings. The first-order chi connectivity index (χ1) is 23.3. The largest absolute Gasteiger partial charge is 0.338 e. The second-order valence-corrected chi connectivity index (χ2v) is 16.7. The smallest absolute Gasteiger partial charge is 0.159 e. The summed E-state index contributed by atoms with van der Waals surface area (Å²) in [5, 5.41) is 16.6. The molecule has 2 aliphatic carbocycles. The lowest BCUT2D eigenvalue weighted by molar-refractivity contribution is 0.690. The van der Waals surface area contributed by atoms with Crippen LogP contribution in [-0.2, 0) is 0 Å². The minimum absolute atomic E-state index is 0.173. The standard InChI is InChI=1S/C43H33N3Si/c44-30-31-24-26-38-36(28-31)37-29-33(25-27-39(37)45(38)32-14-4-1-5-15-32)46-40-20-10-12-22-42(40)47(34-16-6-2-7-17-34,35-18-8-3-9-19-35)43-23-13-11-21-41(43)46/h1-10,12-20,22-29,40,42H,11,21H2. The van der Waals surface area contributed by atoms with Crippen molar-refractivity contribution in [2.24, 2.45) is 0 Å². The highest BCUT2D eigenvalue weighted by atomic mass is 28.3. The lowest BCUT2D eigenvalue weighted by Crippen LogP contribution is -2.69. The average molecular weight is 620 g/mol. The first-order valence-electron chi connectivity index (χ1n) is 16.5. The predicted octanol–water partition coefficient (Wildman–Crippen LogP) is 8.75. The van der Waals surface area contributed by atoms with Crippen LogP contribution < -0.4 is 15.3 Å². The van der Waals surface area contributed by atoms with Crippen molar-refractivity contribution in [2.75, 3.05) is 4.90 Å². The minimum Gasteiger partial charge on any atom is -0.338 e. The Bertz CT molecular complexity index is 2280. The topological polar surface area (TPSA) is 32.0 Å². The van der Waals surface area contributed by atoms with Gasteiger partial charge in [0.2, 0.25) is 0 Å². The van der Waals surface area contributed by atoms with E-state index in [0.29, 0.717) is 11.1 Å². The Morgan fingerprint density at radius 3 is 2.00 bits per heavy atom. The number of allylic oxidation sites excluding steroid dienone is 6. The van der Waals surface area contributed by atoms with E-state index in [-0.39, 0.29) is 6.04 Å². The Morgan fingerprint density at radius 1 is 0.660 bits per heavy atom. The molecule has 0 saturated heterocycles. The summed E-state index contributed by atoms with van der Waals surface area (Å²) in [4.78, 5) is 2.65. The van der Waals surface area contributed by atoms with Gasteiger partial charge < -0.3 is 9.47 Å². The number of hydrogen-bond donors (Lipinski definition) is 0. The first-order valence-corrected chi connectivity index (χ1v) is 18.6. The SMILES string of the molecule is N#Cc1ccc2c(c1)c1cc(N3C4=C(C=CCC4)[Si](c4ccccc4)(c4ccccc4)C4C=CC=CC43)ccc1n2-c1ccccc1. The van der Waals surface area contributed by atoms with Crippen molar-refractivity contribution >= 4 is 45.9 Å². The van der Waals surface area contributed by atoms with Crippen LogP contribution in [0.15, 0.2) is 175 Å². The van der Waals surface area contributed by atoms with Crippen molar-refractivity contribution in [3.8, 4) is 11.8 Å². The van der Waals surface area contributed by atoms with E-state index in [9.17, 15) is 5.26 Å². The molecule has 47 heavy (non-hydrogen) atoms. The van der Waals surface area contributed by atoms with Crippen molar-refractivity contribution < 1.29 is 0 Å². The molecule has 2 unspecified atom stereocenters. The summed E-state index contributed by atoms with van der Waals surface area (Å²) in [5.74, 6) is 0. The second-order valence-electron chi connectivity index (χ2n) is 12.7. The van der Waals surface area contributed by atoms with Gasteiger partial charge >= 0.3 is 0 Å². The fourth-order valence-electron chi connectivity index (χ4n) is 8.54. The van der Waals surface area contributed by atoms with E-state index in [2.05, 4.69) is 173 Å². The van der Waals surface area contributed by atoms with Crippen LogP contribution in [0.5, 0.6) is 0 Å². The molecule has 2 heterocycles. The summed E-state index contributed by atoms with van der Waals surface area (Å²) in [6.45, 7) is 0. The fraction of sp³-hybridized carbons (Fsp3) is 0.0930. The first kappa shape index (κ1) is 27.7. The lowest BCUT2D eigenvalue weighted by Gasteiger charge is -2.54. The van der Waals surface area contributed by atoms with Crippen molar-refractivity contribution in [2.45, 2.75) is 24.4 Å². The Balaban J connectivity index is 1.33. The number of nitrogens with zero attached hydrogens (tertiary/aromatic N) is 3. The molecule has 0 fully saturated rings. The van der Waals surface area contributed by atoms with E-state index in [1.54, 1.807) is 0 Å². The Morgan fingerprint density at radius 2 is 1.30 bits per heavy atom. The van der Waals surface area contributed by atoms with Crippen molar-refractivity contribution in [3.05, 3.63) is 180 Å². The number of aromatic nitrogens is 1. The summed E-state index contributed by atoms with van der Waals surface area (Å²) in [5.41, 5.74) is 6.99. The molecule has 1 aromatic heterocycles. The molecule has 0 N–H and O–H groups in total. The number of benzene rings is 5. The number of rotatable bonds is 4. The van der Waals surface area contributed by atoms with Gasteiger partial charge in [-0.15, -0.1) is 0 Å². The Kier molecular flexibility index (Phi) is 6.48. The van der Waals surface area contributed by atoms with Gasteiger partial charge in [-0.3, -0.25) is 0 Å². The van der Waals surface area contributed by atoms with Gasteiger partial charge in [0.05, 0.1) is 28.7 Å². The summed E-state index contributed by atoms with van der Waals surface area (Å²) < 4.78 is 2.33. The van der Waals surface area contributed by atoms with Gasteiger partial charge in [0.25, 0.3) is 0 Å². The van der Waals surface area contributed by atoms with Gasteiger partial charge in [0, 0.05) is 33.4 Å². The maximum absolute atomic E-state index is 9.86. The van der Waals surface area contributed by atoms with Gasteiger partial charge in [-0.05, 0) is 76.9 Å². The molecule has 3 nitrogen and oxygen atoms in total. The summed E-state index contributed by atoms with van der Waals surface area (Å²) >= 11 is 0. The monoisotopic (exact) mass is 619 g/mol. The van der Waals surface area contributed by atoms with E-state index >= 15 is 0 Å². The van der Waals surface area contributed by atoms with Gasteiger partial charge in [-0.25, -0.2) is 0 Å². The maximum Gasteiger partial charge on any atom is 0.159 e. The molecule has 5 aromatic carbocycles. The fourth-order valence-corrected chi connectivity index (χ4v) is 14.3. The van der Waals surface area contributed by atoms with Crippen LogP contribution in [0.4, 0.5) is 5.69 Å². The molecule has 0 bridgehead atoms. The molecule has 0 saturated carbocycles. The van der Waals surface area contributed by atoms with Crippen LogP contribution in [0, 0.1) is 11.3 Å². The van der Waals surface area contributed by atoms with E-state index in [4.69, 9.17) is 0 Å². The third-order valence-electron chi connectivity index (χ3n) is 10.4. The van der Waals surface area contributed by atoms with Gasteiger partial charge in [0.15, 0.2) is 8.07 Å². The number of anilines is 1. The predicted molar refractivity (Wildman–Crippen MR) is 197 cm³/mol. The molecular formula is C43H33N3Si. The summed E-state index contributed by atoms with van der Waals surface area (Å²) in [6.07, 6.45) is 16.3. The lowest BCUT2D eigenvalue weighted by atomic mass is 9.99. The van der Waals surface area contributed by atoms with Crippen LogP contribution in [0.25, 0.3) is 27.5 Å². The highest BCUT2D eigenvalue weighted by Crippen LogP contribution is 2.49. The van der Waals surface area contributed by atoms with E-state index < -0.39 is 8.07 Å². The Hall–Kier alpha value is -5.63. The number of nitriles is 1. The van der Waals surface area contributed by atoms with Crippen LogP contribution >= 0.6 is 0 Å². The van der Waals surface area contributed by atoms with Gasteiger partial charge in [-0.1, -0.05) is 115 Å². The molecule has 3 aliphatic rings. The third-order valence-corrected chi connectivity index (χ3v) is 15.7. The highest BCUT2D eigenvalue weighted by Gasteiger charge is 2.55. The van der Waals surface area contributed by atoms with E-state index in [1.165, 1.54) is 32.3 Å². The minimum atomic E-state index is -2.51. The molecule has 2 atom stereocenters. The molecule has 224 valence electrons. The Labute approximate surface area is 276 Å². The molecule has 0 spiro atoms. The van der Waals surface area contributed by atoms with Gasteiger partial charge in [-0.2, -0.15) is 5.26 Å². The summed E-state index contributed by atoms with van der Waals surface area (Å²) in [6, 6.07) is 48.8. The highest BCUT2D eigenvalue weighted by molar-refractivity contribution is 7.09. The van der Waals surface area contributed by atoms with E-state index in [1.807, 2.05) is 6.07 Å². The third kappa shape index (κ3) is 4.10. The molecule has 0 amide bonds.